The van der Waals surface area contributed by atoms with Crippen LogP contribution >= 0.6 is 0 Å². The van der Waals surface area contributed by atoms with Crippen molar-refractivity contribution < 1.29 is 13.7 Å². The van der Waals surface area contributed by atoms with Gasteiger partial charge in [0.15, 0.2) is 0 Å². The molecule has 68 valence electrons. The monoisotopic (exact) mass is 197 g/mol. The molecule has 0 amide bonds. The zero-order chi connectivity index (χ0) is 9.90. The van der Waals surface area contributed by atoms with E-state index >= 15 is 0 Å². The second-order valence-electron chi connectivity index (χ2n) is 2.54. The molecular weight excluding hydrogens is 188 g/mol. The number of hydrogen-bond donors (Lipinski definition) is 2. The molecule has 0 atom stereocenters. The zero-order valence-corrected chi connectivity index (χ0v) is 7.85. The minimum atomic E-state index is -3.58. The van der Waals surface area contributed by atoms with Gasteiger partial charge in [-0.15, -0.1) is 4.72 Å². The van der Waals surface area contributed by atoms with Crippen molar-refractivity contribution in [2.75, 3.05) is 0 Å². The number of sulfonamides is 1. The molecule has 4 nitrogen and oxygen atoms in total. The minimum Gasteiger partial charge on any atom is -0.216 e. The Morgan fingerprint density at radius 1 is 1.31 bits per heavy atom. The second-order valence-corrected chi connectivity index (χ2v) is 4.23. The van der Waals surface area contributed by atoms with E-state index in [-0.39, 0.29) is 4.90 Å². The first-order valence-corrected chi connectivity index (χ1v) is 5.05. The third-order valence-electron chi connectivity index (χ3n) is 1.52. The van der Waals surface area contributed by atoms with Crippen molar-refractivity contribution in [1.82, 2.24) is 4.72 Å². The molecule has 0 spiro atoms. The quantitative estimate of drug-likeness (QED) is 0.472. The van der Waals surface area contributed by atoms with E-state index < -0.39 is 10.0 Å². The molecule has 0 heterocycles. The van der Waals surface area contributed by atoms with Gasteiger partial charge in [-0.25, -0.2) is 5.26 Å². The average Bonchev–Trinajstić information content (AvgIpc) is 2.05. The van der Waals surface area contributed by atoms with Crippen LogP contribution in [0.4, 0.5) is 0 Å². The molecule has 0 bridgehead atoms. The Hall–Kier alpha value is -1.54. The molecule has 13 heavy (non-hydrogen) atoms. The number of aryl methyl sites for hydroxylation is 1. The SMILES string of the molecule is Cc1ccc(S(=O)(=O)NC#[NH+])cc1. The number of benzene rings is 1. The second kappa shape index (κ2) is 3.46. The lowest BCUT2D eigenvalue weighted by atomic mass is 10.2. The van der Waals surface area contributed by atoms with Gasteiger partial charge in [0.05, 0.1) is 0 Å². The summed E-state index contributed by atoms with van der Waals surface area (Å²) in [5.74, 6) is 0. The molecule has 1 aromatic rings. The summed E-state index contributed by atoms with van der Waals surface area (Å²) < 4.78 is 24.3. The van der Waals surface area contributed by atoms with E-state index in [1.165, 1.54) is 12.1 Å². The van der Waals surface area contributed by atoms with E-state index in [0.717, 1.165) is 5.56 Å². The molecular formula is C8H9N2O2S+. The first-order valence-electron chi connectivity index (χ1n) is 3.56. The van der Waals surface area contributed by atoms with Gasteiger partial charge in [-0.1, -0.05) is 17.7 Å². The highest BCUT2D eigenvalue weighted by atomic mass is 32.2. The molecule has 0 aliphatic carbocycles. The van der Waals surface area contributed by atoms with Gasteiger partial charge in [0.25, 0.3) is 0 Å². The highest BCUT2D eigenvalue weighted by Gasteiger charge is 2.16. The van der Waals surface area contributed by atoms with Gasteiger partial charge < -0.3 is 0 Å². The summed E-state index contributed by atoms with van der Waals surface area (Å²) in [4.78, 5) is 0.137. The Bertz CT molecular complexity index is 428. The van der Waals surface area contributed by atoms with Crippen LogP contribution in [0.2, 0.25) is 0 Å². The maximum atomic E-state index is 11.2. The van der Waals surface area contributed by atoms with Crippen LogP contribution in [-0.4, -0.2) is 8.42 Å². The molecule has 0 fully saturated rings. The summed E-state index contributed by atoms with van der Waals surface area (Å²) >= 11 is 0. The molecule has 0 unspecified atom stereocenters. The van der Waals surface area contributed by atoms with Crippen molar-refractivity contribution in [2.45, 2.75) is 11.8 Å². The van der Waals surface area contributed by atoms with Gasteiger partial charge in [-0.3, -0.25) is 0 Å². The zero-order valence-electron chi connectivity index (χ0n) is 7.03. The Morgan fingerprint density at radius 3 is 2.31 bits per heavy atom. The van der Waals surface area contributed by atoms with E-state index in [4.69, 9.17) is 5.26 Å². The highest BCUT2D eigenvalue weighted by Crippen LogP contribution is 2.08. The van der Waals surface area contributed by atoms with E-state index in [1.807, 2.05) is 11.6 Å². The Kier molecular flexibility index (Phi) is 2.54. The lowest BCUT2D eigenvalue weighted by molar-refractivity contribution is -0.0949. The van der Waals surface area contributed by atoms with Crippen LogP contribution in [0.25, 0.3) is 0 Å². The third kappa shape index (κ3) is 2.20. The maximum Gasteiger partial charge on any atom is 0.383 e. The molecule has 0 saturated carbocycles. The van der Waals surface area contributed by atoms with E-state index in [0.29, 0.717) is 0 Å². The molecule has 1 aromatic carbocycles. The largest absolute Gasteiger partial charge is 0.383 e. The van der Waals surface area contributed by atoms with Gasteiger partial charge in [-0.2, -0.15) is 8.42 Å². The van der Waals surface area contributed by atoms with Crippen LogP contribution in [0.15, 0.2) is 29.2 Å². The Morgan fingerprint density at radius 2 is 1.85 bits per heavy atom. The van der Waals surface area contributed by atoms with Crippen LogP contribution in [0.3, 0.4) is 0 Å². The van der Waals surface area contributed by atoms with E-state index in [2.05, 4.69) is 0 Å². The summed E-state index contributed by atoms with van der Waals surface area (Å²) in [5, 5.41) is 6.51. The van der Waals surface area contributed by atoms with Gasteiger partial charge in [0.2, 0.25) is 0 Å². The fourth-order valence-electron chi connectivity index (χ4n) is 0.844. The predicted molar refractivity (Wildman–Crippen MR) is 46.4 cm³/mol. The fraction of sp³-hybridized carbons (Fsp3) is 0.125. The normalized spacial score (nSPS) is 10.5. The average molecular weight is 197 g/mol. The van der Waals surface area contributed by atoms with Crippen molar-refractivity contribution in [3.05, 3.63) is 29.8 Å². The number of nitrogens with one attached hydrogen (secondary N) is 2. The van der Waals surface area contributed by atoms with Crippen LogP contribution in [0, 0.1) is 13.1 Å². The van der Waals surface area contributed by atoms with Crippen molar-refractivity contribution >= 4 is 10.0 Å². The summed E-state index contributed by atoms with van der Waals surface area (Å²) in [5.41, 5.74) is 0.984. The molecule has 0 aliphatic heterocycles. The Balaban J connectivity index is 3.11. The van der Waals surface area contributed by atoms with Gasteiger partial charge >= 0.3 is 16.2 Å². The first kappa shape index (κ1) is 9.55. The van der Waals surface area contributed by atoms with E-state index in [1.54, 1.807) is 18.3 Å². The molecule has 0 aliphatic rings. The smallest absolute Gasteiger partial charge is 0.216 e. The van der Waals surface area contributed by atoms with Crippen LogP contribution in [-0.2, 0) is 10.0 Å². The van der Waals surface area contributed by atoms with Gasteiger partial charge in [0, 0.05) is 0 Å². The molecule has 1 rings (SSSR count). The van der Waals surface area contributed by atoms with Gasteiger partial charge in [-0.05, 0) is 19.1 Å². The molecule has 0 radical (unpaired) electrons. The summed E-state index contributed by atoms with van der Waals surface area (Å²) in [6.07, 6.45) is 1.63. The summed E-state index contributed by atoms with van der Waals surface area (Å²) in [7, 11) is -3.58. The summed E-state index contributed by atoms with van der Waals surface area (Å²) in [6, 6.07) is 6.35. The topological polar surface area (TPSA) is 70.0 Å². The standard InChI is InChI=1S/C8H8N2O2S/c1-7-2-4-8(5-3-7)13(11,12)10-6-9/h2-5,10H,1H3/p+1. The van der Waals surface area contributed by atoms with Crippen molar-refractivity contribution in [2.24, 2.45) is 0 Å². The lowest BCUT2D eigenvalue weighted by Crippen LogP contribution is -2.29. The van der Waals surface area contributed by atoms with E-state index in [9.17, 15) is 8.42 Å². The van der Waals surface area contributed by atoms with Crippen LogP contribution in [0.1, 0.15) is 5.56 Å². The maximum absolute atomic E-state index is 11.2. The highest BCUT2D eigenvalue weighted by molar-refractivity contribution is 7.89. The minimum absolute atomic E-state index is 0.137. The van der Waals surface area contributed by atoms with Gasteiger partial charge in [0.1, 0.15) is 4.90 Å². The van der Waals surface area contributed by atoms with Crippen molar-refractivity contribution in [3.8, 4) is 6.19 Å². The molecule has 0 aromatic heterocycles. The predicted octanol–water partition coefficient (Wildman–Crippen LogP) is -0.996. The molecule has 5 heteroatoms. The van der Waals surface area contributed by atoms with Crippen LogP contribution in [0.5, 0.6) is 0 Å². The van der Waals surface area contributed by atoms with Crippen molar-refractivity contribution in [1.29, 1.82) is 0 Å². The van der Waals surface area contributed by atoms with Crippen molar-refractivity contribution in [3.63, 3.8) is 0 Å². The number of hydrogen-bond acceptors (Lipinski definition) is 2. The lowest BCUT2D eigenvalue weighted by Gasteiger charge is -1.96. The first-order chi connectivity index (χ1) is 6.06. The molecule has 2 N–H and O–H groups in total. The third-order valence-corrected chi connectivity index (χ3v) is 2.78. The number of rotatable bonds is 2. The Labute approximate surface area is 76.9 Å². The molecule has 0 saturated heterocycles. The fourth-order valence-corrected chi connectivity index (χ4v) is 1.59. The summed E-state index contributed by atoms with van der Waals surface area (Å²) in [6.45, 7) is 1.87. The van der Waals surface area contributed by atoms with Crippen LogP contribution < -0.4 is 9.98 Å².